The van der Waals surface area contributed by atoms with E-state index in [0.717, 1.165) is 18.5 Å². The molecule has 0 fully saturated rings. The third-order valence-electron chi connectivity index (χ3n) is 5.94. The molecule has 0 aliphatic carbocycles. The van der Waals surface area contributed by atoms with Crippen LogP contribution in [-0.2, 0) is 13.0 Å². The molecule has 4 heterocycles. The monoisotopic (exact) mass is 477 g/mol. The van der Waals surface area contributed by atoms with Crippen LogP contribution in [0.15, 0.2) is 73.2 Å². The molecule has 0 bridgehead atoms. The number of pyridine rings is 2. The second-order valence-corrected chi connectivity index (χ2v) is 8.40. The van der Waals surface area contributed by atoms with E-state index in [2.05, 4.69) is 20.3 Å². The summed E-state index contributed by atoms with van der Waals surface area (Å²) in [5, 5.41) is 12.0. The number of anilines is 1. The molecule has 1 aliphatic rings. The molecule has 178 valence electrons. The maximum Gasteiger partial charge on any atom is 0.259 e. The number of nitrogens with zero attached hydrogens (tertiary/aromatic N) is 6. The van der Waals surface area contributed by atoms with Gasteiger partial charge in [-0.2, -0.15) is 5.26 Å². The molecule has 1 aromatic carbocycles. The minimum absolute atomic E-state index is 0.137. The normalized spacial score (nSPS) is 12.9. The van der Waals surface area contributed by atoms with Crippen LogP contribution in [0.1, 0.15) is 44.8 Å². The third kappa shape index (κ3) is 4.83. The van der Waals surface area contributed by atoms with Crippen molar-refractivity contribution in [1.29, 1.82) is 5.26 Å². The summed E-state index contributed by atoms with van der Waals surface area (Å²) >= 11 is 0. The van der Waals surface area contributed by atoms with Crippen molar-refractivity contribution in [2.45, 2.75) is 25.8 Å². The molecule has 0 unspecified atom stereocenters. The highest BCUT2D eigenvalue weighted by Crippen LogP contribution is 2.22. The van der Waals surface area contributed by atoms with Gasteiger partial charge in [0.1, 0.15) is 5.52 Å². The van der Waals surface area contributed by atoms with Crippen LogP contribution in [0.4, 0.5) is 5.95 Å². The van der Waals surface area contributed by atoms with Crippen LogP contribution in [0.25, 0.3) is 11.2 Å². The van der Waals surface area contributed by atoms with E-state index in [1.807, 2.05) is 41.1 Å². The number of nitriles is 1. The van der Waals surface area contributed by atoms with Gasteiger partial charge in [-0.1, -0.05) is 18.2 Å². The highest BCUT2D eigenvalue weighted by molar-refractivity contribution is 6.04. The van der Waals surface area contributed by atoms with Gasteiger partial charge in [0, 0.05) is 49.4 Å². The van der Waals surface area contributed by atoms with Crippen LogP contribution in [0.5, 0.6) is 0 Å². The van der Waals surface area contributed by atoms with E-state index in [1.165, 1.54) is 6.07 Å². The predicted molar refractivity (Wildman–Crippen MR) is 134 cm³/mol. The first kappa shape index (κ1) is 22.9. The Morgan fingerprint density at radius 2 is 2.00 bits per heavy atom. The lowest BCUT2D eigenvalue weighted by Gasteiger charge is -2.21. The summed E-state index contributed by atoms with van der Waals surface area (Å²) in [4.78, 5) is 41.2. The highest BCUT2D eigenvalue weighted by atomic mass is 16.2. The fourth-order valence-electron chi connectivity index (χ4n) is 4.10. The summed E-state index contributed by atoms with van der Waals surface area (Å²) in [6.45, 7) is 1.13. The number of allylic oxidation sites excluding steroid dienone is 1. The number of carbonyl (C=O) groups excluding carboxylic acids is 2. The molecule has 9 heteroatoms. The predicted octanol–water partition coefficient (Wildman–Crippen LogP) is 3.94. The Kier molecular flexibility index (Phi) is 6.49. The van der Waals surface area contributed by atoms with E-state index in [0.29, 0.717) is 53.3 Å². The Bertz CT molecular complexity index is 1500. The summed E-state index contributed by atoms with van der Waals surface area (Å²) in [6.07, 6.45) is 9.55. The Morgan fingerprint density at radius 3 is 2.78 bits per heavy atom. The number of hydrogen-bond donors (Lipinski definition) is 1. The van der Waals surface area contributed by atoms with Gasteiger partial charge >= 0.3 is 0 Å². The Morgan fingerprint density at radius 1 is 1.08 bits per heavy atom. The fourth-order valence-corrected chi connectivity index (χ4v) is 4.10. The minimum atomic E-state index is -0.392. The summed E-state index contributed by atoms with van der Waals surface area (Å²) in [5.74, 6) is -0.221. The van der Waals surface area contributed by atoms with Gasteiger partial charge in [0.15, 0.2) is 5.65 Å². The van der Waals surface area contributed by atoms with Crippen molar-refractivity contribution < 1.29 is 9.59 Å². The number of aryl methyl sites for hydroxylation is 2. The summed E-state index contributed by atoms with van der Waals surface area (Å²) in [5.41, 5.74) is 3.12. The van der Waals surface area contributed by atoms with Crippen molar-refractivity contribution in [2.75, 3.05) is 11.9 Å². The third-order valence-corrected chi connectivity index (χ3v) is 5.94. The maximum absolute atomic E-state index is 13.0. The lowest BCUT2D eigenvalue weighted by Crippen LogP contribution is -2.28. The zero-order chi connectivity index (χ0) is 24.9. The lowest BCUT2D eigenvalue weighted by molar-refractivity contribution is 0.0815. The Hall–Kier alpha value is -4.84. The number of hydrogen-bond acceptors (Lipinski definition) is 6. The maximum atomic E-state index is 13.0. The van der Waals surface area contributed by atoms with Gasteiger partial charge in [-0.05, 0) is 49.2 Å². The second-order valence-electron chi connectivity index (χ2n) is 8.40. The minimum Gasteiger partial charge on any atom is -0.315 e. The lowest BCUT2D eigenvalue weighted by atomic mass is 10.1. The van der Waals surface area contributed by atoms with Crippen molar-refractivity contribution in [3.8, 4) is 6.07 Å². The summed E-state index contributed by atoms with van der Waals surface area (Å²) in [6, 6.07) is 15.9. The van der Waals surface area contributed by atoms with E-state index in [-0.39, 0.29) is 5.91 Å². The van der Waals surface area contributed by atoms with Gasteiger partial charge in [-0.3, -0.25) is 24.5 Å². The van der Waals surface area contributed by atoms with Gasteiger partial charge in [0.05, 0.1) is 17.2 Å². The molecule has 0 atom stereocenters. The standard InChI is InChI=1S/C27H23N7O2/c28-17-19-7-6-8-20(15-19)25(35)32-27-31-23-16-21(26(36)33-12-4-1-5-13-33)18-30-24(23)34(27)14-10-22-9-2-3-11-29-22/h2-4,6-9,11-12,15-16,18H,1,5,10,13-14H2,(H,31,32,35). The quantitative estimate of drug-likeness (QED) is 0.450. The molecule has 5 rings (SSSR count). The largest absolute Gasteiger partial charge is 0.315 e. The molecule has 0 saturated carbocycles. The molecule has 36 heavy (non-hydrogen) atoms. The van der Waals surface area contributed by atoms with Crippen molar-refractivity contribution in [3.63, 3.8) is 0 Å². The van der Waals surface area contributed by atoms with Gasteiger partial charge in [0.25, 0.3) is 11.8 Å². The Balaban J connectivity index is 1.48. The Labute approximate surface area is 207 Å². The first-order chi connectivity index (χ1) is 17.6. The number of aromatic nitrogens is 4. The van der Waals surface area contributed by atoms with Crippen LogP contribution in [-0.4, -0.2) is 42.8 Å². The molecule has 0 radical (unpaired) electrons. The SMILES string of the molecule is N#Cc1cccc(C(=O)Nc2nc3cc(C(=O)N4C=CCCC4)cnc3n2CCc2ccccn2)c1. The zero-order valence-electron chi connectivity index (χ0n) is 19.5. The first-order valence-corrected chi connectivity index (χ1v) is 11.7. The van der Waals surface area contributed by atoms with E-state index in [1.54, 1.807) is 41.6 Å². The second kappa shape index (κ2) is 10.2. The van der Waals surface area contributed by atoms with Gasteiger partial charge in [0.2, 0.25) is 5.95 Å². The molecule has 9 nitrogen and oxygen atoms in total. The van der Waals surface area contributed by atoms with E-state index < -0.39 is 5.91 Å². The van der Waals surface area contributed by atoms with Crippen molar-refractivity contribution in [3.05, 3.63) is 95.6 Å². The smallest absolute Gasteiger partial charge is 0.259 e. The number of rotatable bonds is 6. The van der Waals surface area contributed by atoms with Crippen LogP contribution in [0.3, 0.4) is 0 Å². The number of carbonyl (C=O) groups is 2. The van der Waals surface area contributed by atoms with Crippen LogP contribution >= 0.6 is 0 Å². The van der Waals surface area contributed by atoms with Gasteiger partial charge < -0.3 is 4.90 Å². The van der Waals surface area contributed by atoms with Gasteiger partial charge in [-0.15, -0.1) is 0 Å². The summed E-state index contributed by atoms with van der Waals surface area (Å²) < 4.78 is 1.81. The topological polar surface area (TPSA) is 117 Å². The molecular weight excluding hydrogens is 454 g/mol. The average Bonchev–Trinajstić information content (AvgIpc) is 3.28. The fraction of sp³-hybridized carbons (Fsp3) is 0.185. The van der Waals surface area contributed by atoms with E-state index >= 15 is 0 Å². The molecule has 0 spiro atoms. The summed E-state index contributed by atoms with van der Waals surface area (Å²) in [7, 11) is 0. The molecule has 1 N–H and O–H groups in total. The molecule has 0 saturated heterocycles. The number of fused-ring (bicyclic) bond motifs is 1. The van der Waals surface area contributed by atoms with E-state index in [4.69, 9.17) is 5.26 Å². The van der Waals surface area contributed by atoms with Crippen molar-refractivity contribution >= 4 is 28.9 Å². The first-order valence-electron chi connectivity index (χ1n) is 11.7. The van der Waals surface area contributed by atoms with Gasteiger partial charge in [-0.25, -0.2) is 9.97 Å². The van der Waals surface area contributed by atoms with E-state index in [9.17, 15) is 9.59 Å². The van der Waals surface area contributed by atoms with Crippen LogP contribution in [0.2, 0.25) is 0 Å². The number of amides is 2. The van der Waals surface area contributed by atoms with Crippen LogP contribution < -0.4 is 5.32 Å². The number of benzene rings is 1. The van der Waals surface area contributed by atoms with Crippen molar-refractivity contribution in [1.82, 2.24) is 24.4 Å². The molecule has 1 aliphatic heterocycles. The average molecular weight is 478 g/mol. The number of imidazole rings is 1. The molecular formula is C27H23N7O2. The zero-order valence-corrected chi connectivity index (χ0v) is 19.5. The molecule has 4 aromatic rings. The van der Waals surface area contributed by atoms with Crippen molar-refractivity contribution in [2.24, 2.45) is 0 Å². The molecule has 3 aromatic heterocycles. The molecule has 2 amide bonds. The highest BCUT2D eigenvalue weighted by Gasteiger charge is 2.20. The van der Waals surface area contributed by atoms with Crippen LogP contribution in [0, 0.1) is 11.3 Å². The number of nitrogens with one attached hydrogen (secondary N) is 1.